The second kappa shape index (κ2) is 11.8. The molecule has 0 aromatic heterocycles. The monoisotopic (exact) mass is 553 g/mol. The average molecular weight is 554 g/mol. The van der Waals surface area contributed by atoms with Crippen LogP contribution in [0.25, 0.3) is 0 Å². The number of primary amides is 1. The minimum atomic E-state index is -0.725. The standard InChI is InChI=1S/C24H33FO4S.C5H11NO2/c1-13-8-9-15(11-17(13)25)30-12-14-10-16-19(18(14)21(26)28-23(2,3)4)20(16)22(27)29-24(5,6)7;1-5(2,3)8-4(6)7/h8-9,11,14,16,18-20H,10,12H2,1-7H3;1-3H3,(H2,6,7). The highest BCUT2D eigenvalue weighted by atomic mass is 32.2. The van der Waals surface area contributed by atoms with Crippen LogP contribution in [-0.2, 0) is 23.8 Å². The molecule has 2 fully saturated rings. The lowest BCUT2D eigenvalue weighted by atomic mass is 9.89. The summed E-state index contributed by atoms with van der Waals surface area (Å²) in [6.45, 7) is 18.2. The maximum Gasteiger partial charge on any atom is 0.405 e. The molecule has 0 radical (unpaired) electrons. The van der Waals surface area contributed by atoms with Crippen molar-refractivity contribution in [2.24, 2.45) is 35.3 Å². The summed E-state index contributed by atoms with van der Waals surface area (Å²) in [5.74, 6) is -0.270. The van der Waals surface area contributed by atoms with Crippen LogP contribution < -0.4 is 5.73 Å². The quantitative estimate of drug-likeness (QED) is 0.260. The number of thioether (sulfide) groups is 1. The number of hydrogen-bond acceptors (Lipinski definition) is 7. The van der Waals surface area contributed by atoms with Crippen molar-refractivity contribution in [1.82, 2.24) is 0 Å². The van der Waals surface area contributed by atoms with Crippen LogP contribution in [0.2, 0.25) is 0 Å². The number of hydrogen-bond donors (Lipinski definition) is 1. The van der Waals surface area contributed by atoms with E-state index in [1.165, 1.54) is 0 Å². The Morgan fingerprint density at radius 2 is 1.39 bits per heavy atom. The van der Waals surface area contributed by atoms with E-state index in [1.54, 1.807) is 51.6 Å². The van der Waals surface area contributed by atoms with Gasteiger partial charge in [-0.25, -0.2) is 9.18 Å². The van der Waals surface area contributed by atoms with Crippen LogP contribution in [0.5, 0.6) is 0 Å². The number of ether oxygens (including phenoxy) is 3. The van der Waals surface area contributed by atoms with Crippen LogP contribution >= 0.6 is 11.8 Å². The van der Waals surface area contributed by atoms with Gasteiger partial charge in [0.1, 0.15) is 22.6 Å². The molecule has 0 saturated heterocycles. The van der Waals surface area contributed by atoms with E-state index in [2.05, 4.69) is 4.74 Å². The van der Waals surface area contributed by atoms with Gasteiger partial charge in [-0.05, 0) is 111 Å². The molecule has 2 N–H and O–H groups in total. The molecule has 2 aliphatic carbocycles. The molecule has 1 aromatic carbocycles. The zero-order chi connectivity index (χ0) is 29.2. The van der Waals surface area contributed by atoms with Gasteiger partial charge in [0.15, 0.2) is 0 Å². The van der Waals surface area contributed by atoms with Crippen molar-refractivity contribution in [3.8, 4) is 0 Å². The van der Waals surface area contributed by atoms with Crippen LogP contribution in [0.3, 0.4) is 0 Å². The predicted octanol–water partition coefficient (Wildman–Crippen LogP) is 6.29. The first-order valence-corrected chi connectivity index (χ1v) is 14.0. The molecule has 5 unspecified atom stereocenters. The number of benzene rings is 1. The smallest absolute Gasteiger partial charge is 0.405 e. The van der Waals surface area contributed by atoms with E-state index in [4.69, 9.17) is 15.2 Å². The third-order valence-electron chi connectivity index (χ3n) is 6.10. The summed E-state index contributed by atoms with van der Waals surface area (Å²) in [5, 5.41) is 0. The lowest BCUT2D eigenvalue weighted by Gasteiger charge is -2.28. The van der Waals surface area contributed by atoms with Crippen molar-refractivity contribution in [2.75, 3.05) is 5.75 Å². The van der Waals surface area contributed by atoms with Gasteiger partial charge in [0.05, 0.1) is 11.8 Å². The van der Waals surface area contributed by atoms with E-state index >= 15 is 0 Å². The van der Waals surface area contributed by atoms with Crippen molar-refractivity contribution >= 4 is 29.8 Å². The highest BCUT2D eigenvalue weighted by Crippen LogP contribution is 2.64. The Morgan fingerprint density at radius 3 is 1.82 bits per heavy atom. The van der Waals surface area contributed by atoms with Crippen LogP contribution in [0, 0.1) is 42.3 Å². The van der Waals surface area contributed by atoms with Crippen LogP contribution in [-0.4, -0.2) is 40.6 Å². The fourth-order valence-electron chi connectivity index (χ4n) is 4.77. The molecular formula is C29H44FNO6S. The summed E-state index contributed by atoms with van der Waals surface area (Å²) in [7, 11) is 0. The van der Waals surface area contributed by atoms with E-state index in [0.29, 0.717) is 11.3 Å². The SMILES string of the molecule is CC(C)(C)OC(N)=O.Cc1ccc(SCC2CC3C(C(=O)OC(C)(C)C)C3C2C(=O)OC(C)(C)C)cc1F. The van der Waals surface area contributed by atoms with Gasteiger partial charge in [-0.15, -0.1) is 11.8 Å². The zero-order valence-corrected chi connectivity index (χ0v) is 25.2. The van der Waals surface area contributed by atoms with E-state index in [9.17, 15) is 18.8 Å². The van der Waals surface area contributed by atoms with Gasteiger partial charge in [0.25, 0.3) is 0 Å². The molecule has 7 nitrogen and oxygen atoms in total. The Hall–Kier alpha value is -2.29. The molecule has 0 aliphatic heterocycles. The Bertz CT molecular complexity index is 1020. The number of amides is 1. The number of rotatable bonds is 5. The number of nitrogens with two attached hydrogens (primary N) is 1. The van der Waals surface area contributed by atoms with Gasteiger partial charge in [0.2, 0.25) is 0 Å². The number of carbonyl (C=O) groups excluding carboxylic acids is 3. The number of aryl methyl sites for hydroxylation is 1. The molecule has 214 valence electrons. The van der Waals surface area contributed by atoms with Gasteiger partial charge >= 0.3 is 18.0 Å². The van der Waals surface area contributed by atoms with Crippen LogP contribution in [0.4, 0.5) is 9.18 Å². The number of fused-ring (bicyclic) bond motifs is 1. The normalized spacial score (nSPS) is 24.4. The highest BCUT2D eigenvalue weighted by molar-refractivity contribution is 7.99. The summed E-state index contributed by atoms with van der Waals surface area (Å²) >= 11 is 1.56. The third-order valence-corrected chi connectivity index (χ3v) is 7.28. The largest absolute Gasteiger partial charge is 0.460 e. The van der Waals surface area contributed by atoms with Gasteiger partial charge in [-0.2, -0.15) is 0 Å². The molecule has 5 atom stereocenters. The van der Waals surface area contributed by atoms with Gasteiger partial charge in [0, 0.05) is 10.6 Å². The molecule has 1 aromatic rings. The molecule has 1 amide bonds. The Balaban J connectivity index is 0.000000550. The Kier molecular flexibility index (Phi) is 9.95. The molecule has 3 rings (SSSR count). The topological polar surface area (TPSA) is 105 Å². The fourth-order valence-corrected chi connectivity index (χ4v) is 5.87. The minimum absolute atomic E-state index is 0.0185. The van der Waals surface area contributed by atoms with E-state index < -0.39 is 22.9 Å². The molecule has 2 aliphatic rings. The van der Waals surface area contributed by atoms with E-state index in [-0.39, 0.29) is 47.3 Å². The zero-order valence-electron chi connectivity index (χ0n) is 24.3. The van der Waals surface area contributed by atoms with Gasteiger partial charge < -0.3 is 19.9 Å². The average Bonchev–Trinajstić information content (AvgIpc) is 3.25. The molecule has 0 spiro atoms. The molecule has 9 heteroatoms. The van der Waals surface area contributed by atoms with Crippen LogP contribution in [0.15, 0.2) is 23.1 Å². The summed E-state index contributed by atoms with van der Waals surface area (Å²) in [6.07, 6.45) is 0.0670. The second-order valence-electron chi connectivity index (χ2n) is 13.1. The molecule has 0 bridgehead atoms. The maximum atomic E-state index is 13.9. The van der Waals surface area contributed by atoms with Crippen LogP contribution in [0.1, 0.15) is 74.3 Å². The fraction of sp³-hybridized carbons (Fsp3) is 0.690. The van der Waals surface area contributed by atoms with Crippen molar-refractivity contribution in [3.63, 3.8) is 0 Å². The lowest BCUT2D eigenvalue weighted by molar-refractivity contribution is -0.163. The minimum Gasteiger partial charge on any atom is -0.460 e. The molecule has 0 heterocycles. The first-order valence-electron chi connectivity index (χ1n) is 13.0. The predicted molar refractivity (Wildman–Crippen MR) is 146 cm³/mol. The summed E-state index contributed by atoms with van der Waals surface area (Å²) < 4.78 is 29.7. The van der Waals surface area contributed by atoms with Crippen molar-refractivity contribution in [2.45, 2.75) is 97.4 Å². The summed E-state index contributed by atoms with van der Waals surface area (Å²) in [4.78, 5) is 36.5. The van der Waals surface area contributed by atoms with E-state index in [0.717, 1.165) is 11.3 Å². The van der Waals surface area contributed by atoms with Crippen molar-refractivity contribution in [3.05, 3.63) is 29.6 Å². The Labute approximate surface area is 230 Å². The second-order valence-corrected chi connectivity index (χ2v) is 14.2. The van der Waals surface area contributed by atoms with Crippen molar-refractivity contribution in [1.29, 1.82) is 0 Å². The van der Waals surface area contributed by atoms with Gasteiger partial charge in [-0.1, -0.05) is 6.07 Å². The van der Waals surface area contributed by atoms with Gasteiger partial charge in [-0.3, -0.25) is 9.59 Å². The highest BCUT2D eigenvalue weighted by Gasteiger charge is 2.67. The molecule has 38 heavy (non-hydrogen) atoms. The first kappa shape index (κ1) is 31.9. The number of esters is 2. The molecule has 2 saturated carbocycles. The lowest BCUT2D eigenvalue weighted by Crippen LogP contribution is -2.35. The van der Waals surface area contributed by atoms with Crippen molar-refractivity contribution < 1.29 is 33.0 Å². The summed E-state index contributed by atoms with van der Waals surface area (Å²) in [6, 6.07) is 5.22. The number of halogens is 1. The molecular weight excluding hydrogens is 509 g/mol. The third kappa shape index (κ3) is 9.79. The maximum absolute atomic E-state index is 13.9. The van der Waals surface area contributed by atoms with E-state index in [1.807, 2.05) is 47.6 Å². The Morgan fingerprint density at radius 1 is 0.895 bits per heavy atom. The first-order chi connectivity index (χ1) is 17.2. The number of carbonyl (C=O) groups is 3. The summed E-state index contributed by atoms with van der Waals surface area (Å²) in [5.41, 5.74) is 3.76.